The number of carbonyl (C=O) groups is 2. The molecule has 1 N–H and O–H groups in total. The minimum Gasteiger partial charge on any atom is -0.461 e. The third kappa shape index (κ3) is 4.57. The molecule has 0 aliphatic carbocycles. The maximum absolute atomic E-state index is 12.8. The Hall–Kier alpha value is -3.46. The zero-order valence-corrected chi connectivity index (χ0v) is 17.3. The summed E-state index contributed by atoms with van der Waals surface area (Å²) in [7, 11) is -3.55. The lowest BCUT2D eigenvalue weighted by Gasteiger charge is -2.11. The van der Waals surface area contributed by atoms with Crippen LogP contribution in [0.4, 0.5) is 5.69 Å². The minimum absolute atomic E-state index is 0.00712. The van der Waals surface area contributed by atoms with Gasteiger partial charge in [-0.1, -0.05) is 25.1 Å². The summed E-state index contributed by atoms with van der Waals surface area (Å²) in [5, 5.41) is 6.90. The van der Waals surface area contributed by atoms with Crippen molar-refractivity contribution in [2.45, 2.75) is 18.7 Å². The van der Waals surface area contributed by atoms with E-state index < -0.39 is 21.7 Å². The second kappa shape index (κ2) is 8.91. The number of hydrogen-bond acceptors (Lipinski definition) is 6. The Labute approximate surface area is 174 Å². The SMILES string of the molecule is CCOC(=O)c1ccn(-c2cccc(NC(=O)c3ccccc3S(=O)(=O)CC)c2)n1. The number of esters is 1. The Morgan fingerprint density at radius 2 is 1.83 bits per heavy atom. The first-order chi connectivity index (χ1) is 14.4. The number of amides is 1. The van der Waals surface area contributed by atoms with Gasteiger partial charge in [-0.05, 0) is 43.3 Å². The van der Waals surface area contributed by atoms with Crippen LogP contribution in [-0.4, -0.2) is 42.4 Å². The number of sulfone groups is 1. The normalized spacial score (nSPS) is 11.1. The largest absolute Gasteiger partial charge is 0.461 e. The molecule has 0 unspecified atom stereocenters. The first-order valence-electron chi connectivity index (χ1n) is 9.32. The van der Waals surface area contributed by atoms with Gasteiger partial charge in [0, 0.05) is 11.9 Å². The molecule has 0 aliphatic heterocycles. The molecule has 9 heteroatoms. The third-order valence-electron chi connectivity index (χ3n) is 4.29. The Kier molecular flexibility index (Phi) is 6.31. The molecule has 3 aromatic rings. The van der Waals surface area contributed by atoms with Gasteiger partial charge in [-0.25, -0.2) is 17.9 Å². The number of anilines is 1. The summed E-state index contributed by atoms with van der Waals surface area (Å²) in [6.07, 6.45) is 1.61. The predicted molar refractivity (Wildman–Crippen MR) is 112 cm³/mol. The van der Waals surface area contributed by atoms with Crippen molar-refractivity contribution in [2.24, 2.45) is 0 Å². The zero-order valence-electron chi connectivity index (χ0n) is 16.5. The average Bonchev–Trinajstić information content (AvgIpc) is 3.25. The molecule has 0 bridgehead atoms. The standard InChI is InChI=1S/C21H21N3O5S/c1-3-29-21(26)18-12-13-24(23-18)16-9-7-8-15(14-16)22-20(25)17-10-5-6-11-19(17)30(27,28)4-2/h5-14H,3-4H2,1-2H3,(H,22,25). The fourth-order valence-electron chi connectivity index (χ4n) is 2.79. The number of nitrogens with zero attached hydrogens (tertiary/aromatic N) is 2. The summed E-state index contributed by atoms with van der Waals surface area (Å²) in [5.41, 5.74) is 1.31. The summed E-state index contributed by atoms with van der Waals surface area (Å²) in [5.74, 6) is -1.16. The molecule has 30 heavy (non-hydrogen) atoms. The molecule has 1 heterocycles. The molecule has 2 aromatic carbocycles. The smallest absolute Gasteiger partial charge is 0.358 e. The monoisotopic (exact) mass is 427 g/mol. The van der Waals surface area contributed by atoms with Crippen LogP contribution in [-0.2, 0) is 14.6 Å². The van der Waals surface area contributed by atoms with Crippen LogP contribution in [0.15, 0.2) is 65.7 Å². The van der Waals surface area contributed by atoms with Gasteiger partial charge in [-0.2, -0.15) is 5.10 Å². The molecule has 156 valence electrons. The highest BCUT2D eigenvalue weighted by molar-refractivity contribution is 7.91. The molecule has 0 spiro atoms. The van der Waals surface area contributed by atoms with E-state index in [1.807, 2.05) is 0 Å². The molecular formula is C21H21N3O5S. The Morgan fingerprint density at radius 1 is 1.07 bits per heavy atom. The molecule has 8 nitrogen and oxygen atoms in total. The number of hydrogen-bond donors (Lipinski definition) is 1. The Bertz CT molecular complexity index is 1180. The lowest BCUT2D eigenvalue weighted by atomic mass is 10.2. The number of aromatic nitrogens is 2. The Balaban J connectivity index is 1.85. The van der Waals surface area contributed by atoms with Crippen molar-refractivity contribution >= 4 is 27.4 Å². The summed E-state index contributed by atoms with van der Waals surface area (Å²) < 4.78 is 31.0. The van der Waals surface area contributed by atoms with E-state index in [-0.39, 0.29) is 28.5 Å². The molecule has 0 fully saturated rings. The van der Waals surface area contributed by atoms with Crippen LogP contribution < -0.4 is 5.32 Å². The van der Waals surface area contributed by atoms with E-state index >= 15 is 0 Å². The van der Waals surface area contributed by atoms with Crippen LogP contribution in [0.1, 0.15) is 34.7 Å². The van der Waals surface area contributed by atoms with E-state index in [1.165, 1.54) is 29.8 Å². The number of rotatable bonds is 7. The van der Waals surface area contributed by atoms with Crippen molar-refractivity contribution in [2.75, 3.05) is 17.7 Å². The van der Waals surface area contributed by atoms with Crippen LogP contribution >= 0.6 is 0 Å². The number of carbonyl (C=O) groups excluding carboxylic acids is 2. The van der Waals surface area contributed by atoms with Crippen LogP contribution in [0.2, 0.25) is 0 Å². The van der Waals surface area contributed by atoms with E-state index in [2.05, 4.69) is 10.4 Å². The van der Waals surface area contributed by atoms with Crippen LogP contribution in [0.3, 0.4) is 0 Å². The van der Waals surface area contributed by atoms with E-state index in [9.17, 15) is 18.0 Å². The van der Waals surface area contributed by atoms with Crippen LogP contribution in [0.5, 0.6) is 0 Å². The van der Waals surface area contributed by atoms with Gasteiger partial charge in [0.2, 0.25) is 0 Å². The molecule has 0 saturated carbocycles. The summed E-state index contributed by atoms with van der Waals surface area (Å²) in [6.45, 7) is 3.50. The second-order valence-electron chi connectivity index (χ2n) is 6.27. The summed E-state index contributed by atoms with van der Waals surface area (Å²) in [6, 6.07) is 14.4. The molecule has 0 aliphatic rings. The summed E-state index contributed by atoms with van der Waals surface area (Å²) in [4.78, 5) is 24.5. The van der Waals surface area contributed by atoms with Gasteiger partial charge in [0.15, 0.2) is 15.5 Å². The van der Waals surface area contributed by atoms with Gasteiger partial charge in [0.1, 0.15) is 0 Å². The fourth-order valence-corrected chi connectivity index (χ4v) is 3.88. The zero-order chi connectivity index (χ0) is 21.7. The highest BCUT2D eigenvalue weighted by Crippen LogP contribution is 2.20. The Morgan fingerprint density at radius 3 is 2.57 bits per heavy atom. The molecular weight excluding hydrogens is 406 g/mol. The average molecular weight is 427 g/mol. The van der Waals surface area contributed by atoms with Crippen molar-refractivity contribution in [3.8, 4) is 5.69 Å². The van der Waals surface area contributed by atoms with Gasteiger partial charge in [0.05, 0.1) is 28.5 Å². The van der Waals surface area contributed by atoms with Gasteiger partial charge in [-0.15, -0.1) is 0 Å². The van der Waals surface area contributed by atoms with Crippen LogP contribution in [0, 0.1) is 0 Å². The molecule has 0 radical (unpaired) electrons. The highest BCUT2D eigenvalue weighted by Gasteiger charge is 2.20. The second-order valence-corrected chi connectivity index (χ2v) is 8.52. The quantitative estimate of drug-likeness (QED) is 0.581. The van der Waals surface area contributed by atoms with Crippen LogP contribution in [0.25, 0.3) is 5.69 Å². The van der Waals surface area contributed by atoms with Gasteiger partial charge in [0.25, 0.3) is 5.91 Å². The molecule has 0 atom stereocenters. The van der Waals surface area contributed by atoms with E-state index in [0.717, 1.165) is 0 Å². The predicted octanol–water partition coefficient (Wildman–Crippen LogP) is 3.09. The van der Waals surface area contributed by atoms with E-state index in [4.69, 9.17) is 4.74 Å². The highest BCUT2D eigenvalue weighted by atomic mass is 32.2. The van der Waals surface area contributed by atoms with Gasteiger partial charge < -0.3 is 10.1 Å². The van der Waals surface area contributed by atoms with Gasteiger partial charge in [-0.3, -0.25) is 4.79 Å². The van der Waals surface area contributed by atoms with Crippen molar-refractivity contribution in [3.05, 3.63) is 72.1 Å². The van der Waals surface area contributed by atoms with Gasteiger partial charge >= 0.3 is 5.97 Å². The van der Waals surface area contributed by atoms with Crippen molar-refractivity contribution in [1.82, 2.24) is 9.78 Å². The van der Waals surface area contributed by atoms with Crippen molar-refractivity contribution in [3.63, 3.8) is 0 Å². The minimum atomic E-state index is -3.55. The van der Waals surface area contributed by atoms with E-state index in [1.54, 1.807) is 49.5 Å². The van der Waals surface area contributed by atoms with Crippen molar-refractivity contribution < 1.29 is 22.7 Å². The molecule has 0 saturated heterocycles. The van der Waals surface area contributed by atoms with Crippen molar-refractivity contribution in [1.29, 1.82) is 0 Å². The van der Waals surface area contributed by atoms with E-state index in [0.29, 0.717) is 11.4 Å². The maximum Gasteiger partial charge on any atom is 0.358 e. The first-order valence-corrected chi connectivity index (χ1v) is 11.0. The molecule has 1 amide bonds. The maximum atomic E-state index is 12.8. The third-order valence-corrected chi connectivity index (χ3v) is 6.08. The molecule has 3 rings (SSSR count). The number of nitrogens with one attached hydrogen (secondary N) is 1. The number of ether oxygens (including phenoxy) is 1. The first kappa shape index (κ1) is 21.3. The molecule has 1 aromatic heterocycles. The summed E-state index contributed by atoms with van der Waals surface area (Å²) >= 11 is 0. The number of benzene rings is 2. The fraction of sp³-hybridized carbons (Fsp3) is 0.190. The lowest BCUT2D eigenvalue weighted by molar-refractivity contribution is 0.0519. The lowest BCUT2D eigenvalue weighted by Crippen LogP contribution is -2.17. The topological polar surface area (TPSA) is 107 Å².